The first kappa shape index (κ1) is 15.9. The lowest BCUT2D eigenvalue weighted by molar-refractivity contribution is 0.0113. The van der Waals surface area contributed by atoms with Crippen LogP contribution in [0.2, 0.25) is 0 Å². The van der Waals surface area contributed by atoms with Crippen LogP contribution in [-0.2, 0) is 11.3 Å². The summed E-state index contributed by atoms with van der Waals surface area (Å²) in [4.78, 5) is 0. The molecule has 1 aliphatic rings. The minimum absolute atomic E-state index is 0.0866. The summed E-state index contributed by atoms with van der Waals surface area (Å²) in [6.07, 6.45) is 5.87. The Bertz CT molecular complexity index is 490. The first-order chi connectivity index (χ1) is 10.2. The molecule has 1 fully saturated rings. The highest BCUT2D eigenvalue weighted by molar-refractivity contribution is 5.34. The van der Waals surface area contributed by atoms with Gasteiger partial charge in [0.05, 0.1) is 18.3 Å². The molecule has 0 bridgehead atoms. The van der Waals surface area contributed by atoms with Gasteiger partial charge < -0.3 is 10.1 Å². The molecule has 0 atom stereocenters. The second-order valence-corrected chi connectivity index (χ2v) is 5.66. The smallest absolute Gasteiger partial charge is 0.140 e. The summed E-state index contributed by atoms with van der Waals surface area (Å²) in [6, 6.07) is 7.08. The summed E-state index contributed by atoms with van der Waals surface area (Å²) < 4.78 is 19.1. The monoisotopic (exact) mass is 290 g/mol. The maximum atomic E-state index is 13.2. The number of nitrogens with one attached hydrogen (secondary N) is 1. The molecule has 0 radical (unpaired) electrons. The summed E-state index contributed by atoms with van der Waals surface area (Å²) in [5, 5.41) is 12.4. The zero-order chi connectivity index (χ0) is 15.1. The predicted molar refractivity (Wildman–Crippen MR) is 80.2 cm³/mol. The van der Waals surface area contributed by atoms with Crippen LogP contribution in [0.3, 0.4) is 0 Å². The fraction of sp³-hybridized carbons (Fsp3) is 0.588. The highest BCUT2D eigenvalue weighted by Crippen LogP contribution is 2.22. The molecule has 2 rings (SSSR count). The Morgan fingerprint density at radius 2 is 2.10 bits per heavy atom. The van der Waals surface area contributed by atoms with Crippen molar-refractivity contribution in [2.45, 2.75) is 57.8 Å². The molecule has 0 unspecified atom stereocenters. The fourth-order valence-electron chi connectivity index (χ4n) is 2.74. The van der Waals surface area contributed by atoms with Crippen LogP contribution in [0.15, 0.2) is 18.2 Å². The molecule has 1 N–H and O–H groups in total. The Morgan fingerprint density at radius 1 is 1.33 bits per heavy atom. The van der Waals surface area contributed by atoms with Crippen LogP contribution in [0.25, 0.3) is 0 Å². The van der Waals surface area contributed by atoms with E-state index in [0.717, 1.165) is 37.8 Å². The molecule has 1 aromatic rings. The summed E-state index contributed by atoms with van der Waals surface area (Å²) in [5.41, 5.74) is 0.947. The van der Waals surface area contributed by atoms with E-state index in [4.69, 9.17) is 10.00 Å². The van der Waals surface area contributed by atoms with Crippen molar-refractivity contribution in [3.63, 3.8) is 0 Å². The number of hydrogen-bond donors (Lipinski definition) is 1. The van der Waals surface area contributed by atoms with Crippen LogP contribution in [0.4, 0.5) is 4.39 Å². The normalized spacial score (nSPS) is 22.0. The van der Waals surface area contributed by atoms with Gasteiger partial charge in [0.25, 0.3) is 0 Å². The van der Waals surface area contributed by atoms with E-state index in [0.29, 0.717) is 12.6 Å². The minimum atomic E-state index is -0.469. The fourth-order valence-corrected chi connectivity index (χ4v) is 2.74. The third kappa shape index (κ3) is 4.80. The Hall–Kier alpha value is -1.44. The van der Waals surface area contributed by atoms with Gasteiger partial charge in [0.1, 0.15) is 11.9 Å². The van der Waals surface area contributed by atoms with Gasteiger partial charge in [-0.1, -0.05) is 13.0 Å². The lowest BCUT2D eigenvalue weighted by Crippen LogP contribution is -2.35. The molecule has 4 heteroatoms. The van der Waals surface area contributed by atoms with Gasteiger partial charge in [-0.05, 0) is 56.3 Å². The van der Waals surface area contributed by atoms with E-state index in [2.05, 4.69) is 12.2 Å². The van der Waals surface area contributed by atoms with Gasteiger partial charge in [0.15, 0.2) is 0 Å². The molecule has 21 heavy (non-hydrogen) atoms. The predicted octanol–water partition coefficient (Wildman–Crippen LogP) is 3.52. The largest absolute Gasteiger partial charge is 0.374 e. The number of hydrogen-bond acceptors (Lipinski definition) is 3. The van der Waals surface area contributed by atoms with E-state index in [9.17, 15) is 4.39 Å². The van der Waals surface area contributed by atoms with Crippen LogP contribution in [0.1, 0.15) is 50.2 Å². The van der Waals surface area contributed by atoms with Gasteiger partial charge in [-0.25, -0.2) is 4.39 Å². The molecule has 1 aromatic carbocycles. The van der Waals surface area contributed by atoms with Crippen molar-refractivity contribution in [1.29, 1.82) is 5.26 Å². The first-order valence-corrected chi connectivity index (χ1v) is 7.76. The SMILES string of the molecule is CCCNC1CCC(OCc2ccc(F)c(C#N)c2)CC1. The Labute approximate surface area is 126 Å². The van der Waals surface area contributed by atoms with Crippen molar-refractivity contribution in [2.75, 3.05) is 6.54 Å². The first-order valence-electron chi connectivity index (χ1n) is 7.76. The Kier molecular flexibility index (Phi) is 6.16. The standard InChI is InChI=1S/C17H23FN2O/c1-2-9-20-15-4-6-16(7-5-15)21-12-13-3-8-17(18)14(10-13)11-19/h3,8,10,15-16,20H,2,4-7,9,12H2,1H3. The van der Waals surface area contributed by atoms with Gasteiger partial charge >= 0.3 is 0 Å². The molecule has 1 saturated carbocycles. The maximum Gasteiger partial charge on any atom is 0.140 e. The van der Waals surface area contributed by atoms with Crippen LogP contribution in [0.5, 0.6) is 0 Å². The molecule has 0 saturated heterocycles. The highest BCUT2D eigenvalue weighted by atomic mass is 19.1. The third-order valence-corrected chi connectivity index (χ3v) is 3.99. The van der Waals surface area contributed by atoms with E-state index in [1.165, 1.54) is 12.5 Å². The lowest BCUT2D eigenvalue weighted by Gasteiger charge is -2.29. The third-order valence-electron chi connectivity index (χ3n) is 3.99. The Balaban J connectivity index is 1.76. The molecular weight excluding hydrogens is 267 g/mol. The maximum absolute atomic E-state index is 13.2. The van der Waals surface area contributed by atoms with Gasteiger partial charge in [-0.3, -0.25) is 0 Å². The van der Waals surface area contributed by atoms with Crippen LogP contribution >= 0.6 is 0 Å². The van der Waals surface area contributed by atoms with Crippen LogP contribution < -0.4 is 5.32 Å². The molecule has 0 aromatic heterocycles. The topological polar surface area (TPSA) is 45.0 Å². The number of rotatable bonds is 6. The number of nitrogens with zero attached hydrogens (tertiary/aromatic N) is 1. The van der Waals surface area contributed by atoms with E-state index in [1.807, 2.05) is 6.07 Å². The molecule has 3 nitrogen and oxygen atoms in total. The zero-order valence-electron chi connectivity index (χ0n) is 12.6. The summed E-state index contributed by atoms with van der Waals surface area (Å²) in [7, 11) is 0. The van der Waals surface area contributed by atoms with Gasteiger partial charge in [0, 0.05) is 6.04 Å². The summed E-state index contributed by atoms with van der Waals surface area (Å²) >= 11 is 0. The van der Waals surface area contributed by atoms with E-state index >= 15 is 0 Å². The van der Waals surface area contributed by atoms with Crippen molar-refractivity contribution in [3.8, 4) is 6.07 Å². The quantitative estimate of drug-likeness (QED) is 0.871. The molecule has 0 aliphatic heterocycles. The van der Waals surface area contributed by atoms with Crippen molar-refractivity contribution in [1.82, 2.24) is 5.32 Å². The second-order valence-electron chi connectivity index (χ2n) is 5.66. The van der Waals surface area contributed by atoms with E-state index < -0.39 is 5.82 Å². The van der Waals surface area contributed by atoms with Crippen molar-refractivity contribution < 1.29 is 9.13 Å². The van der Waals surface area contributed by atoms with E-state index in [1.54, 1.807) is 12.1 Å². The molecule has 1 aliphatic carbocycles. The summed E-state index contributed by atoms with van der Waals surface area (Å²) in [6.45, 7) is 3.72. The Morgan fingerprint density at radius 3 is 2.76 bits per heavy atom. The molecule has 114 valence electrons. The van der Waals surface area contributed by atoms with Crippen LogP contribution in [0, 0.1) is 17.1 Å². The summed E-state index contributed by atoms with van der Waals surface area (Å²) in [5.74, 6) is -0.469. The van der Waals surface area contributed by atoms with Crippen molar-refractivity contribution >= 4 is 0 Å². The lowest BCUT2D eigenvalue weighted by atomic mass is 9.93. The molecule has 0 amide bonds. The number of benzene rings is 1. The second kappa shape index (κ2) is 8.11. The van der Waals surface area contributed by atoms with Crippen LogP contribution in [-0.4, -0.2) is 18.7 Å². The molecule has 0 spiro atoms. The van der Waals surface area contributed by atoms with Gasteiger partial charge in [-0.2, -0.15) is 5.26 Å². The van der Waals surface area contributed by atoms with E-state index in [-0.39, 0.29) is 11.7 Å². The number of ether oxygens (including phenoxy) is 1. The van der Waals surface area contributed by atoms with Crippen molar-refractivity contribution in [3.05, 3.63) is 35.1 Å². The van der Waals surface area contributed by atoms with Crippen molar-refractivity contribution in [2.24, 2.45) is 0 Å². The number of nitriles is 1. The number of halogens is 1. The average molecular weight is 290 g/mol. The zero-order valence-corrected chi connectivity index (χ0v) is 12.6. The molecular formula is C17H23FN2O. The highest BCUT2D eigenvalue weighted by Gasteiger charge is 2.21. The van der Waals surface area contributed by atoms with Gasteiger partial charge in [0.2, 0.25) is 0 Å². The minimum Gasteiger partial charge on any atom is -0.374 e. The van der Waals surface area contributed by atoms with Gasteiger partial charge in [-0.15, -0.1) is 0 Å². The average Bonchev–Trinajstić information content (AvgIpc) is 2.53. The molecule has 0 heterocycles.